The molecular formula is C12H15BrFN3O3. The molecule has 0 aliphatic carbocycles. The van der Waals surface area contributed by atoms with Crippen LogP contribution in [0.4, 0.5) is 15.8 Å². The zero-order valence-corrected chi connectivity index (χ0v) is 12.9. The predicted molar refractivity (Wildman–Crippen MR) is 77.2 cm³/mol. The molecule has 1 rings (SSSR count). The minimum absolute atomic E-state index is 0.0913. The highest BCUT2D eigenvalue weighted by Gasteiger charge is 2.22. The molecule has 0 saturated carbocycles. The lowest BCUT2D eigenvalue weighted by molar-refractivity contribution is -0.384. The van der Waals surface area contributed by atoms with Crippen LogP contribution >= 0.6 is 15.9 Å². The third-order valence-electron chi connectivity index (χ3n) is 2.83. The summed E-state index contributed by atoms with van der Waals surface area (Å²) in [6.45, 7) is 3.94. The average Bonchev–Trinajstić information content (AvgIpc) is 2.40. The number of nitrogens with one attached hydrogen (secondary N) is 1. The summed E-state index contributed by atoms with van der Waals surface area (Å²) < 4.78 is 13.4. The van der Waals surface area contributed by atoms with E-state index in [9.17, 15) is 19.3 Å². The van der Waals surface area contributed by atoms with E-state index < -0.39 is 22.5 Å². The fraction of sp³-hybridized carbons (Fsp3) is 0.417. The number of carbonyl (C=O) groups is 1. The fourth-order valence-corrected chi connectivity index (χ4v) is 1.93. The van der Waals surface area contributed by atoms with Gasteiger partial charge in [-0.05, 0) is 35.8 Å². The highest BCUT2D eigenvalue weighted by atomic mass is 79.9. The minimum atomic E-state index is -0.730. The summed E-state index contributed by atoms with van der Waals surface area (Å²) in [5.74, 6) is -0.936. The first-order chi connectivity index (χ1) is 9.27. The molecule has 1 atom stereocenters. The number of benzene rings is 1. The van der Waals surface area contributed by atoms with Crippen molar-refractivity contribution in [3.63, 3.8) is 0 Å². The molecule has 1 amide bonds. The van der Waals surface area contributed by atoms with Crippen molar-refractivity contribution < 1.29 is 14.1 Å². The first kappa shape index (κ1) is 16.4. The maximum Gasteiger partial charge on any atom is 0.295 e. The lowest BCUT2D eigenvalue weighted by atomic mass is 10.2. The van der Waals surface area contributed by atoms with Gasteiger partial charge in [-0.3, -0.25) is 14.9 Å². The van der Waals surface area contributed by atoms with E-state index in [1.807, 2.05) is 6.92 Å². The van der Waals surface area contributed by atoms with Crippen molar-refractivity contribution in [2.45, 2.75) is 19.9 Å². The van der Waals surface area contributed by atoms with Gasteiger partial charge in [0.15, 0.2) is 0 Å². The molecule has 0 aromatic heterocycles. The molecule has 0 fully saturated rings. The highest BCUT2D eigenvalue weighted by molar-refractivity contribution is 9.10. The van der Waals surface area contributed by atoms with Gasteiger partial charge in [0.1, 0.15) is 17.5 Å². The lowest BCUT2D eigenvalue weighted by Crippen LogP contribution is -2.38. The molecule has 0 bridgehead atoms. The lowest BCUT2D eigenvalue weighted by Gasteiger charge is -2.21. The van der Waals surface area contributed by atoms with Gasteiger partial charge in [-0.25, -0.2) is 4.39 Å². The number of amides is 1. The average molecular weight is 348 g/mol. The van der Waals surface area contributed by atoms with Crippen LogP contribution in [0.25, 0.3) is 0 Å². The minimum Gasteiger partial charge on any atom is -0.368 e. The van der Waals surface area contributed by atoms with Crippen molar-refractivity contribution in [3.05, 3.63) is 32.5 Å². The molecule has 0 saturated heterocycles. The van der Waals surface area contributed by atoms with Gasteiger partial charge < -0.3 is 10.2 Å². The summed E-state index contributed by atoms with van der Waals surface area (Å²) in [5.41, 5.74) is -0.321. The van der Waals surface area contributed by atoms with E-state index in [-0.39, 0.29) is 16.1 Å². The number of hydrogen-bond acceptors (Lipinski definition) is 4. The molecule has 1 aromatic rings. The van der Waals surface area contributed by atoms with Crippen LogP contribution < -0.4 is 5.32 Å². The van der Waals surface area contributed by atoms with Gasteiger partial charge in [0, 0.05) is 13.6 Å². The maximum atomic E-state index is 13.3. The van der Waals surface area contributed by atoms with Gasteiger partial charge in [0.05, 0.1) is 15.5 Å². The number of hydrogen-bond donors (Lipinski definition) is 1. The van der Waals surface area contributed by atoms with Gasteiger partial charge in [0.2, 0.25) is 5.91 Å². The van der Waals surface area contributed by atoms with Gasteiger partial charge >= 0.3 is 0 Å². The Bertz CT molecular complexity index is 539. The van der Waals surface area contributed by atoms with Crippen LogP contribution in [0.5, 0.6) is 0 Å². The summed E-state index contributed by atoms with van der Waals surface area (Å²) in [5, 5.41) is 13.7. The zero-order valence-electron chi connectivity index (χ0n) is 11.3. The number of anilines is 1. The van der Waals surface area contributed by atoms with Gasteiger partial charge in [-0.1, -0.05) is 0 Å². The Morgan fingerprint density at radius 3 is 2.70 bits per heavy atom. The largest absolute Gasteiger partial charge is 0.368 e. The third-order valence-corrected chi connectivity index (χ3v) is 3.44. The van der Waals surface area contributed by atoms with E-state index in [1.54, 1.807) is 14.0 Å². The smallest absolute Gasteiger partial charge is 0.295 e. The number of nitrogens with zero attached hydrogens (tertiary/aromatic N) is 2. The second-order valence-corrected chi connectivity index (χ2v) is 5.11. The maximum absolute atomic E-state index is 13.3. The number of rotatable bonds is 5. The number of halogens is 2. The SMILES string of the molecule is CCN(C)C(=O)C(C)Nc1cc(Br)c(F)cc1[N+](=O)[O-]. The summed E-state index contributed by atoms with van der Waals surface area (Å²) >= 11 is 2.97. The van der Waals surface area contributed by atoms with Crippen molar-refractivity contribution in [1.82, 2.24) is 4.90 Å². The van der Waals surface area contributed by atoms with Crippen LogP contribution in [0.2, 0.25) is 0 Å². The number of carbonyl (C=O) groups excluding carboxylic acids is 1. The molecule has 110 valence electrons. The Hall–Kier alpha value is -1.70. The number of likely N-dealkylation sites (N-methyl/N-ethyl adjacent to an activating group) is 1. The van der Waals surface area contributed by atoms with Crippen molar-refractivity contribution in [2.24, 2.45) is 0 Å². The van der Waals surface area contributed by atoms with E-state index in [0.717, 1.165) is 6.07 Å². The summed E-state index contributed by atoms with van der Waals surface area (Å²) in [4.78, 5) is 23.6. The van der Waals surface area contributed by atoms with E-state index in [4.69, 9.17) is 0 Å². The molecule has 20 heavy (non-hydrogen) atoms. The second-order valence-electron chi connectivity index (χ2n) is 4.26. The molecule has 0 aliphatic rings. The quantitative estimate of drug-likeness (QED) is 0.656. The molecule has 0 radical (unpaired) electrons. The van der Waals surface area contributed by atoms with Crippen molar-refractivity contribution in [2.75, 3.05) is 18.9 Å². The predicted octanol–water partition coefficient (Wildman–Crippen LogP) is 2.78. The van der Waals surface area contributed by atoms with Crippen LogP contribution in [0.15, 0.2) is 16.6 Å². The summed E-state index contributed by atoms with van der Waals surface area (Å²) in [6, 6.07) is 1.41. The van der Waals surface area contributed by atoms with Crippen molar-refractivity contribution in [3.8, 4) is 0 Å². The molecule has 0 aliphatic heterocycles. The van der Waals surface area contributed by atoms with Crippen LogP contribution in [-0.4, -0.2) is 35.4 Å². The first-order valence-corrected chi connectivity index (χ1v) is 6.72. The molecular weight excluding hydrogens is 333 g/mol. The molecule has 0 spiro atoms. The van der Waals surface area contributed by atoms with E-state index >= 15 is 0 Å². The van der Waals surface area contributed by atoms with Gasteiger partial charge in [-0.15, -0.1) is 0 Å². The zero-order chi connectivity index (χ0) is 15.4. The van der Waals surface area contributed by atoms with Gasteiger partial charge in [0.25, 0.3) is 5.69 Å². The monoisotopic (exact) mass is 347 g/mol. The molecule has 1 N–H and O–H groups in total. The Labute approximate surface area is 124 Å². The highest BCUT2D eigenvalue weighted by Crippen LogP contribution is 2.31. The Morgan fingerprint density at radius 2 is 2.20 bits per heavy atom. The Balaban J connectivity index is 3.05. The standard InChI is InChI=1S/C12H15BrFN3O3/c1-4-16(3)12(18)7(2)15-10-5-8(13)9(14)6-11(10)17(19)20/h5-7,15H,4H2,1-3H3. The van der Waals surface area contributed by atoms with Crippen LogP contribution in [-0.2, 0) is 4.79 Å². The number of nitro benzene ring substituents is 1. The third kappa shape index (κ3) is 3.66. The Kier molecular flexibility index (Phi) is 5.43. The van der Waals surface area contributed by atoms with Crippen molar-refractivity contribution >= 4 is 33.2 Å². The molecule has 1 unspecified atom stereocenters. The second kappa shape index (κ2) is 6.65. The van der Waals surface area contributed by atoms with Crippen LogP contribution in [0.3, 0.4) is 0 Å². The normalized spacial score (nSPS) is 11.8. The molecule has 6 nitrogen and oxygen atoms in total. The first-order valence-electron chi connectivity index (χ1n) is 5.92. The molecule has 0 heterocycles. The fourth-order valence-electron chi connectivity index (χ4n) is 1.58. The van der Waals surface area contributed by atoms with E-state index in [2.05, 4.69) is 21.2 Å². The molecule has 8 heteroatoms. The number of nitro groups is 1. The summed E-state index contributed by atoms with van der Waals surface area (Å²) in [7, 11) is 1.63. The Morgan fingerprint density at radius 1 is 1.60 bits per heavy atom. The summed E-state index contributed by atoms with van der Waals surface area (Å²) in [6.07, 6.45) is 0. The van der Waals surface area contributed by atoms with Crippen molar-refractivity contribution in [1.29, 1.82) is 0 Å². The van der Waals surface area contributed by atoms with Crippen LogP contribution in [0, 0.1) is 15.9 Å². The van der Waals surface area contributed by atoms with E-state index in [0.29, 0.717) is 6.54 Å². The molecule has 1 aromatic carbocycles. The van der Waals surface area contributed by atoms with E-state index in [1.165, 1.54) is 11.0 Å². The van der Waals surface area contributed by atoms with Crippen LogP contribution in [0.1, 0.15) is 13.8 Å². The van der Waals surface area contributed by atoms with Gasteiger partial charge in [-0.2, -0.15) is 0 Å². The topological polar surface area (TPSA) is 75.5 Å².